The second-order valence-electron chi connectivity index (χ2n) is 10.8. The first-order valence-electron chi connectivity index (χ1n) is 13.4. The molecule has 35 heavy (non-hydrogen) atoms. The first-order chi connectivity index (χ1) is 17.2. The van der Waals surface area contributed by atoms with E-state index in [-0.39, 0.29) is 5.78 Å². The van der Waals surface area contributed by atoms with Crippen LogP contribution in [0.4, 0.5) is 0 Å². The molecular weight excluding hydrogens is 454 g/mol. The lowest BCUT2D eigenvalue weighted by atomic mass is 9.78. The van der Waals surface area contributed by atoms with Crippen molar-refractivity contribution in [3.8, 4) is 5.19 Å². The van der Waals surface area contributed by atoms with Gasteiger partial charge in [-0.25, -0.2) is 4.98 Å². The number of fused-ring (bicyclic) bond motifs is 2. The number of ether oxygens (including phenoxy) is 1. The molecule has 1 aliphatic heterocycles. The first-order valence-corrected chi connectivity index (χ1v) is 14.2. The van der Waals surface area contributed by atoms with Crippen molar-refractivity contribution in [2.45, 2.75) is 64.3 Å². The monoisotopic (exact) mass is 489 g/mol. The van der Waals surface area contributed by atoms with Crippen LogP contribution >= 0.6 is 11.3 Å². The molecule has 3 aliphatic rings. The van der Waals surface area contributed by atoms with E-state index in [9.17, 15) is 4.79 Å². The minimum Gasteiger partial charge on any atom is -0.470 e. The van der Waals surface area contributed by atoms with Crippen LogP contribution in [0.2, 0.25) is 0 Å². The third-order valence-electron chi connectivity index (χ3n) is 8.17. The van der Waals surface area contributed by atoms with E-state index in [1.807, 2.05) is 30.3 Å². The van der Waals surface area contributed by atoms with Crippen molar-refractivity contribution in [3.05, 3.63) is 52.7 Å². The highest BCUT2D eigenvalue weighted by Crippen LogP contribution is 2.36. The predicted octanol–water partition coefficient (Wildman–Crippen LogP) is 6.31. The van der Waals surface area contributed by atoms with E-state index in [0.717, 1.165) is 66.2 Å². The van der Waals surface area contributed by atoms with Crippen LogP contribution in [0.1, 0.15) is 72.3 Å². The lowest BCUT2D eigenvalue weighted by Crippen LogP contribution is -2.32. The average Bonchev–Trinajstić information content (AvgIpc) is 3.64. The summed E-state index contributed by atoms with van der Waals surface area (Å²) < 4.78 is 5.92. The number of aromatic nitrogens is 2. The van der Waals surface area contributed by atoms with Crippen LogP contribution in [0.3, 0.4) is 0 Å². The largest absolute Gasteiger partial charge is 0.470 e. The van der Waals surface area contributed by atoms with Gasteiger partial charge in [-0.05, 0) is 75.0 Å². The maximum Gasteiger partial charge on any atom is 0.273 e. The van der Waals surface area contributed by atoms with Crippen LogP contribution < -0.4 is 4.74 Å². The Bertz CT molecular complexity index is 1170. The molecule has 0 N–H and O–H groups in total. The lowest BCUT2D eigenvalue weighted by Gasteiger charge is -2.31. The summed E-state index contributed by atoms with van der Waals surface area (Å²) in [4.78, 5) is 26.3. The molecule has 2 aromatic heterocycles. The molecule has 0 radical (unpaired) electrons. The molecule has 1 aromatic carbocycles. The number of Topliss-reactive ketones (excluding diaryl/α,β-unsaturated/α-hetero) is 1. The quantitative estimate of drug-likeness (QED) is 0.330. The summed E-state index contributed by atoms with van der Waals surface area (Å²) >= 11 is 1.77. The Morgan fingerprint density at radius 1 is 1.03 bits per heavy atom. The summed E-state index contributed by atoms with van der Waals surface area (Å²) in [6, 6.07) is 9.84. The van der Waals surface area contributed by atoms with Gasteiger partial charge in [0.2, 0.25) is 0 Å². The fraction of sp³-hybridized carbons (Fsp3) is 0.552. The maximum absolute atomic E-state index is 13.1. The van der Waals surface area contributed by atoms with Crippen LogP contribution in [0, 0.1) is 17.8 Å². The van der Waals surface area contributed by atoms with Crippen molar-refractivity contribution in [2.75, 3.05) is 19.7 Å². The summed E-state index contributed by atoms with van der Waals surface area (Å²) in [6.07, 6.45) is 12.3. The van der Waals surface area contributed by atoms with Gasteiger partial charge in [-0.15, -0.1) is 0 Å². The number of benzene rings is 1. The molecule has 3 aromatic rings. The van der Waals surface area contributed by atoms with E-state index in [4.69, 9.17) is 9.72 Å². The number of carbonyl (C=O) groups excluding carboxylic acids is 1. The zero-order valence-electron chi connectivity index (χ0n) is 20.5. The van der Waals surface area contributed by atoms with Gasteiger partial charge in [0.1, 0.15) is 0 Å². The fourth-order valence-corrected chi connectivity index (χ4v) is 6.68. The highest BCUT2D eigenvalue weighted by molar-refractivity contribution is 7.13. The van der Waals surface area contributed by atoms with E-state index in [1.54, 1.807) is 17.5 Å². The molecule has 0 atom stereocenters. The third-order valence-corrected chi connectivity index (χ3v) is 9.24. The summed E-state index contributed by atoms with van der Waals surface area (Å²) in [6.45, 7) is 4.12. The lowest BCUT2D eigenvalue weighted by molar-refractivity contribution is 0.0941. The molecule has 0 amide bonds. The maximum atomic E-state index is 13.1. The Balaban J connectivity index is 0.950. The zero-order chi connectivity index (χ0) is 23.6. The number of carbonyl (C=O) groups is 1. The van der Waals surface area contributed by atoms with E-state index in [1.165, 1.54) is 55.5 Å². The summed E-state index contributed by atoms with van der Waals surface area (Å²) in [5.74, 6) is 2.36. The third kappa shape index (κ3) is 5.59. The molecule has 5 nitrogen and oxygen atoms in total. The topological polar surface area (TPSA) is 55.3 Å². The van der Waals surface area contributed by atoms with Crippen molar-refractivity contribution in [1.29, 1.82) is 0 Å². The summed E-state index contributed by atoms with van der Waals surface area (Å²) in [5, 5.41) is 1.87. The van der Waals surface area contributed by atoms with E-state index < -0.39 is 0 Å². The van der Waals surface area contributed by atoms with Crippen molar-refractivity contribution in [2.24, 2.45) is 17.8 Å². The van der Waals surface area contributed by atoms with Gasteiger partial charge in [0.15, 0.2) is 5.78 Å². The molecule has 3 heterocycles. The fourth-order valence-electron chi connectivity index (χ4n) is 5.76. The highest BCUT2D eigenvalue weighted by Gasteiger charge is 2.27. The number of thiazole rings is 1. The average molecular weight is 490 g/mol. The van der Waals surface area contributed by atoms with Gasteiger partial charge in [-0.3, -0.25) is 14.7 Å². The Hall–Kier alpha value is -2.31. The van der Waals surface area contributed by atoms with Gasteiger partial charge < -0.3 is 4.74 Å². The molecule has 184 valence electrons. The number of hydrogen-bond acceptors (Lipinski definition) is 6. The zero-order valence-corrected chi connectivity index (χ0v) is 21.3. The van der Waals surface area contributed by atoms with E-state index >= 15 is 0 Å². The van der Waals surface area contributed by atoms with Gasteiger partial charge >= 0.3 is 0 Å². The first kappa shape index (κ1) is 23.1. The van der Waals surface area contributed by atoms with Gasteiger partial charge in [-0.1, -0.05) is 42.4 Å². The van der Waals surface area contributed by atoms with Crippen molar-refractivity contribution in [1.82, 2.24) is 14.9 Å². The highest BCUT2D eigenvalue weighted by atomic mass is 32.1. The van der Waals surface area contributed by atoms with Crippen LogP contribution in [0.15, 0.2) is 36.5 Å². The molecule has 2 saturated carbocycles. The minimum atomic E-state index is 0.278. The van der Waals surface area contributed by atoms with Crippen LogP contribution in [-0.4, -0.2) is 40.3 Å². The molecular formula is C29H35N3O2S. The molecule has 0 unspecified atom stereocenters. The SMILES string of the molecule is O=C(CC1CCC(CCN2CCc3sc(OCC4CC4)nc3C2)CC1)c1cccc2ncccc12. The normalized spacial score (nSPS) is 22.7. The van der Waals surface area contributed by atoms with Gasteiger partial charge in [0.05, 0.1) is 17.8 Å². The summed E-state index contributed by atoms with van der Waals surface area (Å²) in [5.41, 5.74) is 3.00. The van der Waals surface area contributed by atoms with Crippen LogP contribution in [0.25, 0.3) is 10.9 Å². The number of ketones is 1. The number of pyridine rings is 1. The smallest absolute Gasteiger partial charge is 0.273 e. The van der Waals surface area contributed by atoms with Crippen molar-refractivity contribution in [3.63, 3.8) is 0 Å². The van der Waals surface area contributed by atoms with E-state index in [2.05, 4.69) is 9.88 Å². The standard InChI is InChI=1S/C29H35N3O2S/c33-27(24-3-1-5-25-23(24)4-2-14-30-25)17-21-8-6-20(7-9-21)12-15-32-16-13-28-26(18-32)31-29(35-28)34-19-22-10-11-22/h1-5,14,20-22H,6-13,15-19H2. The van der Waals surface area contributed by atoms with Gasteiger partial charge in [0, 0.05) is 41.5 Å². The molecule has 0 bridgehead atoms. The van der Waals surface area contributed by atoms with Crippen molar-refractivity contribution < 1.29 is 9.53 Å². The Morgan fingerprint density at radius 3 is 2.71 bits per heavy atom. The molecule has 0 saturated heterocycles. The summed E-state index contributed by atoms with van der Waals surface area (Å²) in [7, 11) is 0. The molecule has 2 fully saturated rings. The minimum absolute atomic E-state index is 0.278. The predicted molar refractivity (Wildman–Crippen MR) is 140 cm³/mol. The van der Waals surface area contributed by atoms with E-state index in [0.29, 0.717) is 12.3 Å². The van der Waals surface area contributed by atoms with Crippen LogP contribution in [0.5, 0.6) is 5.19 Å². The van der Waals surface area contributed by atoms with Crippen LogP contribution in [-0.2, 0) is 13.0 Å². The number of hydrogen-bond donors (Lipinski definition) is 0. The Morgan fingerprint density at radius 2 is 1.86 bits per heavy atom. The second kappa shape index (κ2) is 10.4. The van der Waals surface area contributed by atoms with Gasteiger partial charge in [-0.2, -0.15) is 0 Å². The molecule has 6 rings (SSSR count). The molecule has 2 aliphatic carbocycles. The van der Waals surface area contributed by atoms with Gasteiger partial charge in [0.25, 0.3) is 5.19 Å². The molecule has 0 spiro atoms. The Labute approximate surface area is 211 Å². The number of nitrogens with zero attached hydrogens (tertiary/aromatic N) is 3. The van der Waals surface area contributed by atoms with Crippen molar-refractivity contribution >= 4 is 28.0 Å². The molecule has 6 heteroatoms. The second-order valence-corrected chi connectivity index (χ2v) is 11.9. The Kier molecular flexibility index (Phi) is 6.84. The number of rotatable bonds is 9.